The molecule has 0 bridgehead atoms. The molecule has 1 saturated carbocycles. The van der Waals surface area contributed by atoms with Crippen molar-refractivity contribution in [3.63, 3.8) is 0 Å². The Morgan fingerprint density at radius 3 is 1.50 bits per heavy atom. The first-order valence-corrected chi connectivity index (χ1v) is 9.84. The molecule has 2 saturated heterocycles. The highest BCUT2D eigenvalue weighted by Crippen LogP contribution is 2.47. The van der Waals surface area contributed by atoms with Gasteiger partial charge in [-0.05, 0) is 23.0 Å². The number of hydrogen-bond acceptors (Lipinski definition) is 3. The third-order valence-electron chi connectivity index (χ3n) is 6.66. The van der Waals surface area contributed by atoms with Crippen molar-refractivity contribution in [1.29, 1.82) is 0 Å². The lowest BCUT2D eigenvalue weighted by Crippen LogP contribution is -2.28. The van der Waals surface area contributed by atoms with Crippen molar-refractivity contribution in [2.24, 2.45) is 23.7 Å². The molecule has 2 aromatic carbocycles. The lowest BCUT2D eigenvalue weighted by atomic mass is 9.91. The van der Waals surface area contributed by atoms with Gasteiger partial charge in [0.15, 0.2) is 0 Å². The molecule has 3 fully saturated rings. The van der Waals surface area contributed by atoms with Gasteiger partial charge in [-0.1, -0.05) is 60.7 Å². The van der Waals surface area contributed by atoms with Crippen LogP contribution >= 0.6 is 0 Å². The van der Waals surface area contributed by atoms with Crippen LogP contribution in [0.15, 0.2) is 60.7 Å². The van der Waals surface area contributed by atoms with Gasteiger partial charge in [-0.15, -0.1) is 0 Å². The Balaban J connectivity index is 1.25. The Bertz CT molecular complexity index is 710. The average molecular weight is 346 g/mol. The zero-order valence-corrected chi connectivity index (χ0v) is 15.1. The predicted molar refractivity (Wildman–Crippen MR) is 102 cm³/mol. The summed E-state index contributed by atoms with van der Waals surface area (Å²) >= 11 is 0. The third-order valence-corrected chi connectivity index (χ3v) is 6.66. The molecule has 0 aromatic heterocycles. The number of carbonyl (C=O) groups is 1. The molecule has 0 unspecified atom stereocenters. The molecule has 3 heteroatoms. The number of fused-ring (bicyclic) bond motifs is 3. The maximum absolute atomic E-state index is 13.0. The summed E-state index contributed by atoms with van der Waals surface area (Å²) in [7, 11) is 0. The maximum atomic E-state index is 13.0. The molecule has 26 heavy (non-hydrogen) atoms. The summed E-state index contributed by atoms with van der Waals surface area (Å²) in [5.74, 6) is 2.25. The Kier molecular flexibility index (Phi) is 4.14. The molecule has 3 nitrogen and oxygen atoms in total. The fourth-order valence-corrected chi connectivity index (χ4v) is 5.51. The van der Waals surface area contributed by atoms with E-state index in [1.807, 2.05) is 0 Å². The second kappa shape index (κ2) is 6.64. The highest BCUT2D eigenvalue weighted by Gasteiger charge is 2.56. The number of hydrogen-bond donors (Lipinski definition) is 0. The zero-order chi connectivity index (χ0) is 17.5. The van der Waals surface area contributed by atoms with Crippen LogP contribution in [0, 0.1) is 23.7 Å². The Morgan fingerprint density at radius 2 is 1.08 bits per heavy atom. The summed E-state index contributed by atoms with van der Waals surface area (Å²) < 4.78 is 0. The topological polar surface area (TPSA) is 23.6 Å². The third kappa shape index (κ3) is 2.89. The average Bonchev–Trinajstić information content (AvgIpc) is 3.32. The number of Topliss-reactive ketones (excluding diaryl/α,β-unsaturated/α-hetero) is 1. The smallest absolute Gasteiger partial charge is 0.142 e. The van der Waals surface area contributed by atoms with Crippen LogP contribution in [0.5, 0.6) is 0 Å². The molecule has 0 spiro atoms. The predicted octanol–water partition coefficient (Wildman–Crippen LogP) is 3.07. The van der Waals surface area contributed by atoms with E-state index in [9.17, 15) is 4.79 Å². The number of benzene rings is 2. The van der Waals surface area contributed by atoms with Crippen LogP contribution in [-0.4, -0.2) is 41.8 Å². The van der Waals surface area contributed by atoms with Crippen LogP contribution in [0.1, 0.15) is 11.1 Å². The van der Waals surface area contributed by atoms with Crippen LogP contribution in [0.25, 0.3) is 0 Å². The van der Waals surface area contributed by atoms with Gasteiger partial charge in [-0.3, -0.25) is 14.6 Å². The van der Waals surface area contributed by atoms with Crippen LogP contribution in [-0.2, 0) is 17.9 Å². The van der Waals surface area contributed by atoms with E-state index in [2.05, 4.69) is 70.5 Å². The molecular weight excluding hydrogens is 320 g/mol. The largest absolute Gasteiger partial charge is 0.299 e. The zero-order valence-electron chi connectivity index (χ0n) is 15.1. The fraction of sp³-hybridized carbons (Fsp3) is 0.435. The molecule has 0 radical (unpaired) electrons. The van der Waals surface area contributed by atoms with E-state index in [4.69, 9.17) is 0 Å². The molecule has 3 aliphatic rings. The van der Waals surface area contributed by atoms with Crippen molar-refractivity contribution in [2.75, 3.05) is 26.2 Å². The second-order valence-corrected chi connectivity index (χ2v) is 8.30. The number of rotatable bonds is 4. The summed E-state index contributed by atoms with van der Waals surface area (Å²) in [6, 6.07) is 21.3. The molecule has 0 amide bonds. The van der Waals surface area contributed by atoms with E-state index in [0.717, 1.165) is 39.3 Å². The minimum atomic E-state index is 0.285. The molecule has 2 aliphatic heterocycles. The first kappa shape index (κ1) is 16.2. The van der Waals surface area contributed by atoms with Crippen LogP contribution in [0.2, 0.25) is 0 Å². The van der Waals surface area contributed by atoms with Crippen LogP contribution < -0.4 is 0 Å². The maximum Gasteiger partial charge on any atom is 0.142 e. The van der Waals surface area contributed by atoms with Gasteiger partial charge in [0.1, 0.15) is 5.78 Å². The van der Waals surface area contributed by atoms with Gasteiger partial charge in [0.2, 0.25) is 0 Å². The number of carbonyl (C=O) groups excluding carboxylic acids is 1. The van der Waals surface area contributed by atoms with E-state index in [0.29, 0.717) is 17.6 Å². The molecule has 2 heterocycles. The number of ketones is 1. The normalized spacial score (nSPS) is 31.3. The highest BCUT2D eigenvalue weighted by atomic mass is 16.1. The van der Waals surface area contributed by atoms with Crippen molar-refractivity contribution in [1.82, 2.24) is 9.80 Å². The summed E-state index contributed by atoms with van der Waals surface area (Å²) in [6.07, 6.45) is 0. The van der Waals surface area contributed by atoms with Gasteiger partial charge in [0.25, 0.3) is 0 Å². The van der Waals surface area contributed by atoms with E-state index in [1.165, 1.54) is 11.1 Å². The minimum absolute atomic E-state index is 0.285. The van der Waals surface area contributed by atoms with Gasteiger partial charge < -0.3 is 0 Å². The molecule has 134 valence electrons. The van der Waals surface area contributed by atoms with Gasteiger partial charge >= 0.3 is 0 Å². The van der Waals surface area contributed by atoms with E-state index in [1.54, 1.807) is 0 Å². The lowest BCUT2D eigenvalue weighted by molar-refractivity contribution is -0.124. The van der Waals surface area contributed by atoms with Gasteiger partial charge in [0, 0.05) is 51.1 Å². The standard InChI is InChI=1S/C23H26N2O/c26-23-21-15-24(11-17-7-3-1-4-8-17)13-19(21)20-14-25(16-22(20)23)12-18-9-5-2-6-10-18/h1-10,19-22H,11-16H2/t19-,20+,21-,22-/m1/s1. The lowest BCUT2D eigenvalue weighted by Gasteiger charge is -2.20. The molecule has 5 rings (SSSR count). The van der Waals surface area contributed by atoms with Crippen LogP contribution in [0.3, 0.4) is 0 Å². The van der Waals surface area contributed by atoms with E-state index < -0.39 is 0 Å². The second-order valence-electron chi connectivity index (χ2n) is 8.30. The SMILES string of the molecule is O=C1[C@@H]2CN(Cc3ccccc3)C[C@@H]2[C@@H]2CN(Cc3ccccc3)C[C@@H]12. The number of nitrogens with zero attached hydrogens (tertiary/aromatic N) is 2. The summed E-state index contributed by atoms with van der Waals surface area (Å²) in [6.45, 7) is 6.06. The Morgan fingerprint density at radius 1 is 0.654 bits per heavy atom. The summed E-state index contributed by atoms with van der Waals surface area (Å²) in [4.78, 5) is 18.0. The van der Waals surface area contributed by atoms with Crippen molar-refractivity contribution in [3.8, 4) is 0 Å². The van der Waals surface area contributed by atoms with E-state index in [-0.39, 0.29) is 11.8 Å². The van der Waals surface area contributed by atoms with Gasteiger partial charge in [-0.2, -0.15) is 0 Å². The molecule has 2 aromatic rings. The first-order valence-electron chi connectivity index (χ1n) is 9.84. The summed E-state index contributed by atoms with van der Waals surface area (Å²) in [5.41, 5.74) is 2.71. The van der Waals surface area contributed by atoms with E-state index >= 15 is 0 Å². The highest BCUT2D eigenvalue weighted by molar-refractivity contribution is 5.87. The van der Waals surface area contributed by atoms with Crippen LogP contribution in [0.4, 0.5) is 0 Å². The molecule has 4 atom stereocenters. The fourth-order valence-electron chi connectivity index (χ4n) is 5.51. The Hall–Kier alpha value is -1.97. The summed E-state index contributed by atoms with van der Waals surface area (Å²) in [5, 5.41) is 0. The number of likely N-dealkylation sites (tertiary alicyclic amines) is 2. The molecular formula is C23H26N2O. The monoisotopic (exact) mass is 346 g/mol. The van der Waals surface area contributed by atoms with Crippen molar-refractivity contribution < 1.29 is 4.79 Å². The minimum Gasteiger partial charge on any atom is -0.299 e. The Labute approximate surface area is 155 Å². The first-order chi connectivity index (χ1) is 12.8. The van der Waals surface area contributed by atoms with Gasteiger partial charge in [0.05, 0.1) is 0 Å². The quantitative estimate of drug-likeness (QED) is 0.850. The van der Waals surface area contributed by atoms with Crippen molar-refractivity contribution in [3.05, 3.63) is 71.8 Å². The molecule has 0 N–H and O–H groups in total. The molecule has 1 aliphatic carbocycles. The van der Waals surface area contributed by atoms with Crippen molar-refractivity contribution in [2.45, 2.75) is 13.1 Å². The van der Waals surface area contributed by atoms with Crippen molar-refractivity contribution >= 4 is 5.78 Å². The van der Waals surface area contributed by atoms with Gasteiger partial charge in [-0.25, -0.2) is 0 Å².